The number of nitrogens with one attached hydrogen (secondary N) is 1. The Morgan fingerprint density at radius 3 is 1.91 bits per heavy atom. The molecule has 1 aliphatic heterocycles. The fourth-order valence-electron chi connectivity index (χ4n) is 4.83. The molecule has 0 unspecified atom stereocenters. The first-order valence-corrected chi connectivity index (χ1v) is 14.5. The molecule has 3 aromatic rings. The van der Waals surface area contributed by atoms with Gasteiger partial charge >= 0.3 is 23.9 Å². The first-order chi connectivity index (χ1) is 22.1. The molecule has 1 N–H and O–H groups in total. The van der Waals surface area contributed by atoms with E-state index in [0.717, 1.165) is 19.4 Å². The van der Waals surface area contributed by atoms with E-state index >= 15 is 0 Å². The second-order valence-corrected chi connectivity index (χ2v) is 10.4. The highest BCUT2D eigenvalue weighted by Gasteiger charge is 2.52. The highest BCUT2D eigenvalue weighted by atomic mass is 16.7. The van der Waals surface area contributed by atoms with Gasteiger partial charge in [0.2, 0.25) is 6.29 Å². The number of ether oxygens (including phenoxy) is 6. The normalized spacial score (nSPS) is 20.5. The summed E-state index contributed by atoms with van der Waals surface area (Å²) in [6, 6.07) is 23.2. The van der Waals surface area contributed by atoms with Crippen molar-refractivity contribution in [2.24, 2.45) is 0 Å². The zero-order valence-corrected chi connectivity index (χ0v) is 25.6. The van der Waals surface area contributed by atoms with Crippen LogP contribution in [0.1, 0.15) is 42.3 Å². The lowest BCUT2D eigenvalue weighted by atomic mass is 9.95. The number of amides is 1. The van der Waals surface area contributed by atoms with Crippen molar-refractivity contribution in [3.63, 3.8) is 0 Å². The summed E-state index contributed by atoms with van der Waals surface area (Å²) in [6.45, 7) is 3.18. The predicted molar refractivity (Wildman–Crippen MR) is 161 cm³/mol. The van der Waals surface area contributed by atoms with Crippen LogP contribution < -0.4 is 10.1 Å². The Bertz CT molecular complexity index is 1510. The van der Waals surface area contributed by atoms with Crippen LogP contribution in [0.5, 0.6) is 5.75 Å². The lowest BCUT2D eigenvalue weighted by Crippen LogP contribution is -2.67. The highest BCUT2D eigenvalue weighted by molar-refractivity contribution is 5.97. The maximum absolute atomic E-state index is 13.8. The second-order valence-electron chi connectivity index (χ2n) is 10.4. The van der Waals surface area contributed by atoms with E-state index in [2.05, 4.69) is 5.32 Å². The van der Waals surface area contributed by atoms with Gasteiger partial charge in [-0.05, 0) is 23.3 Å². The third-order valence-corrected chi connectivity index (χ3v) is 6.81. The lowest BCUT2D eigenvalue weighted by molar-refractivity contribution is -0.270. The van der Waals surface area contributed by atoms with Crippen molar-refractivity contribution in [1.82, 2.24) is 5.32 Å². The van der Waals surface area contributed by atoms with Crippen molar-refractivity contribution in [3.05, 3.63) is 102 Å². The topological polar surface area (TPSA) is 153 Å². The van der Waals surface area contributed by atoms with Gasteiger partial charge in [-0.1, -0.05) is 72.8 Å². The van der Waals surface area contributed by atoms with Gasteiger partial charge in [-0.15, -0.1) is 0 Å². The Kier molecular flexibility index (Phi) is 11.8. The quantitative estimate of drug-likeness (QED) is 0.231. The van der Waals surface area contributed by atoms with Crippen LogP contribution in [0.25, 0.3) is 0 Å². The Labute approximate surface area is 265 Å². The zero-order chi connectivity index (χ0) is 33.1. The molecule has 1 saturated heterocycles. The van der Waals surface area contributed by atoms with Crippen molar-refractivity contribution >= 4 is 29.8 Å². The number of esters is 4. The smallest absolute Gasteiger partial charge is 0.312 e. The standard InChI is InChI=1S/C34H35NO11/c1-21(36)41-20-28-31(43-22(2)37)32(44-23(3)38)30(34(45-28)46-29(39)18-24-12-6-4-7-13-24)35-33(40)26-16-10-11-17-27(26)42-19-25-14-8-5-9-15-25/h4-17,28,30-32,34H,18-20H2,1-3H3,(H,35,40)/t28-,30-,31-,32-,34+/m1/s1. The van der Waals surface area contributed by atoms with Crippen LogP contribution in [-0.2, 0) is 55.9 Å². The van der Waals surface area contributed by atoms with E-state index in [4.69, 9.17) is 28.4 Å². The summed E-state index contributed by atoms with van der Waals surface area (Å²) in [4.78, 5) is 63.1. The van der Waals surface area contributed by atoms with Crippen molar-refractivity contribution in [2.75, 3.05) is 6.61 Å². The molecule has 0 radical (unpaired) electrons. The number of para-hydroxylation sites is 1. The summed E-state index contributed by atoms with van der Waals surface area (Å²) in [5.41, 5.74) is 1.65. The minimum absolute atomic E-state index is 0.125. The summed E-state index contributed by atoms with van der Waals surface area (Å²) in [5, 5.41) is 2.74. The van der Waals surface area contributed by atoms with Crippen LogP contribution in [0.2, 0.25) is 0 Å². The Balaban J connectivity index is 1.66. The van der Waals surface area contributed by atoms with E-state index < -0.39 is 67.0 Å². The first kappa shape index (κ1) is 33.7. The average Bonchev–Trinajstić information content (AvgIpc) is 3.02. The van der Waals surface area contributed by atoms with E-state index in [1.807, 2.05) is 30.3 Å². The molecule has 12 heteroatoms. The Hall–Kier alpha value is -5.23. The van der Waals surface area contributed by atoms with E-state index in [1.165, 1.54) is 13.0 Å². The molecule has 12 nitrogen and oxygen atoms in total. The molecule has 1 fully saturated rings. The van der Waals surface area contributed by atoms with E-state index in [0.29, 0.717) is 5.56 Å². The molecule has 1 aliphatic rings. The maximum atomic E-state index is 13.8. The molecule has 0 aromatic heterocycles. The maximum Gasteiger partial charge on any atom is 0.312 e. The number of carbonyl (C=O) groups is 5. The molecule has 0 bridgehead atoms. The highest BCUT2D eigenvalue weighted by Crippen LogP contribution is 2.29. The van der Waals surface area contributed by atoms with Gasteiger partial charge in [0, 0.05) is 20.8 Å². The van der Waals surface area contributed by atoms with Gasteiger partial charge in [0.25, 0.3) is 5.91 Å². The molecule has 4 rings (SSSR count). The van der Waals surface area contributed by atoms with Crippen molar-refractivity contribution in [1.29, 1.82) is 0 Å². The van der Waals surface area contributed by atoms with Gasteiger partial charge in [-0.25, -0.2) is 0 Å². The van der Waals surface area contributed by atoms with Gasteiger partial charge in [0.15, 0.2) is 12.2 Å². The predicted octanol–water partition coefficient (Wildman–Crippen LogP) is 3.30. The van der Waals surface area contributed by atoms with Crippen LogP contribution in [0.4, 0.5) is 0 Å². The molecular weight excluding hydrogens is 598 g/mol. The molecule has 1 amide bonds. The largest absolute Gasteiger partial charge is 0.488 e. The number of hydrogen-bond donors (Lipinski definition) is 1. The molecule has 242 valence electrons. The number of carbonyl (C=O) groups excluding carboxylic acids is 5. The van der Waals surface area contributed by atoms with Gasteiger partial charge in [0.1, 0.15) is 31.1 Å². The van der Waals surface area contributed by atoms with Gasteiger partial charge in [-0.2, -0.15) is 0 Å². The molecule has 46 heavy (non-hydrogen) atoms. The monoisotopic (exact) mass is 633 g/mol. The fourth-order valence-corrected chi connectivity index (χ4v) is 4.83. The minimum Gasteiger partial charge on any atom is -0.488 e. The molecular formula is C34H35NO11. The van der Waals surface area contributed by atoms with Crippen molar-refractivity contribution < 1.29 is 52.4 Å². The number of rotatable bonds is 12. The minimum atomic E-state index is -1.56. The van der Waals surface area contributed by atoms with Gasteiger partial charge in [0.05, 0.1) is 12.0 Å². The number of benzene rings is 3. The van der Waals surface area contributed by atoms with Crippen LogP contribution in [-0.4, -0.2) is 67.0 Å². The van der Waals surface area contributed by atoms with Gasteiger partial charge < -0.3 is 33.7 Å². The van der Waals surface area contributed by atoms with Crippen LogP contribution in [0.15, 0.2) is 84.9 Å². The third kappa shape index (κ3) is 9.63. The summed E-state index contributed by atoms with van der Waals surface area (Å²) in [7, 11) is 0. The van der Waals surface area contributed by atoms with E-state index in [-0.39, 0.29) is 24.3 Å². The zero-order valence-electron chi connectivity index (χ0n) is 25.6. The van der Waals surface area contributed by atoms with Gasteiger partial charge in [-0.3, -0.25) is 24.0 Å². The third-order valence-electron chi connectivity index (χ3n) is 6.81. The Morgan fingerprint density at radius 1 is 0.696 bits per heavy atom. The summed E-state index contributed by atoms with van der Waals surface area (Å²) in [6.07, 6.45) is -5.72. The fraction of sp³-hybridized carbons (Fsp3) is 0.324. The molecule has 1 heterocycles. The number of hydrogen-bond acceptors (Lipinski definition) is 11. The average molecular weight is 634 g/mol. The van der Waals surface area contributed by atoms with Crippen LogP contribution in [0.3, 0.4) is 0 Å². The summed E-state index contributed by atoms with van der Waals surface area (Å²) < 4.78 is 33.9. The lowest BCUT2D eigenvalue weighted by Gasteiger charge is -2.44. The Morgan fingerprint density at radius 2 is 1.28 bits per heavy atom. The van der Waals surface area contributed by atoms with Crippen LogP contribution >= 0.6 is 0 Å². The summed E-state index contributed by atoms with van der Waals surface area (Å²) >= 11 is 0. The first-order valence-electron chi connectivity index (χ1n) is 14.5. The summed E-state index contributed by atoms with van der Waals surface area (Å²) in [5.74, 6) is -3.35. The molecule has 5 atom stereocenters. The molecule has 3 aromatic carbocycles. The second kappa shape index (κ2) is 16.2. The van der Waals surface area contributed by atoms with E-state index in [9.17, 15) is 24.0 Å². The molecule has 0 saturated carbocycles. The van der Waals surface area contributed by atoms with Crippen molar-refractivity contribution in [3.8, 4) is 5.75 Å². The van der Waals surface area contributed by atoms with E-state index in [1.54, 1.807) is 48.5 Å². The van der Waals surface area contributed by atoms with Crippen molar-refractivity contribution in [2.45, 2.75) is 64.4 Å². The molecule has 0 spiro atoms. The SMILES string of the molecule is CC(=O)OC[C@H]1O[C@@H](OC(=O)Cc2ccccc2)[C@H](NC(=O)c2ccccc2OCc2ccccc2)[C@@H](OC(C)=O)[C@@H]1OC(C)=O. The molecule has 0 aliphatic carbocycles. The van der Waals surface area contributed by atoms with Crippen LogP contribution in [0, 0.1) is 0 Å².